The summed E-state index contributed by atoms with van der Waals surface area (Å²) < 4.78 is 39.4. The van der Waals surface area contributed by atoms with Gasteiger partial charge in [0.1, 0.15) is 23.1 Å². The van der Waals surface area contributed by atoms with Crippen LogP contribution in [-0.4, -0.2) is 56.7 Å². The van der Waals surface area contributed by atoms with Gasteiger partial charge < -0.3 is 20.5 Å². The normalized spacial score (nSPS) is 25.4. The molecule has 3 atom stereocenters. The number of benzene rings is 2. The van der Waals surface area contributed by atoms with Crippen molar-refractivity contribution in [3.05, 3.63) is 59.7 Å². The quantitative estimate of drug-likeness (QED) is 0.243. The average molecular weight is 647 g/mol. The van der Waals surface area contributed by atoms with Crippen molar-refractivity contribution in [3.8, 4) is 28.0 Å². The highest BCUT2D eigenvalue weighted by Gasteiger charge is 2.55. The first kappa shape index (κ1) is 31.8. The number of rotatable bonds is 9. The van der Waals surface area contributed by atoms with Crippen molar-refractivity contribution in [1.82, 2.24) is 20.4 Å². The van der Waals surface area contributed by atoms with Gasteiger partial charge >= 0.3 is 5.97 Å². The molecule has 3 aromatic rings. The molecular weight excluding hydrogens is 602 g/mol. The Morgan fingerprint density at radius 2 is 1.87 bits per heavy atom. The van der Waals surface area contributed by atoms with Crippen LogP contribution in [0.1, 0.15) is 95.2 Å². The van der Waals surface area contributed by atoms with Crippen LogP contribution in [0.25, 0.3) is 22.3 Å². The van der Waals surface area contributed by atoms with Crippen LogP contribution in [0, 0.1) is 5.82 Å². The number of amides is 1. The molecule has 1 aliphatic heterocycles. The average Bonchev–Trinajstić information content (AvgIpc) is 3.71. The standard InChI is InChI=1S/C37H44F2N4O4/c1-35(2,34(45)46)32-28(19-43(3)42-32)23-11-14-30(27(17-23)26-9-5-10-29(38)31(26)22-7-4-8-22)47-25-13-12-24(18-25)41-33(44)37(39)20-36(40-21-37)15-6-16-36/h5,9-11,14,17,19,22,24-25,40H,4,6-8,12-13,15-16,18,20-21H2,1-3H3,(H,41,44)(H,45,46)/t24-,25-,37-/m1/s1. The zero-order chi connectivity index (χ0) is 33.1. The number of carboxylic acids is 1. The van der Waals surface area contributed by atoms with Crippen molar-refractivity contribution < 1.29 is 28.2 Å². The van der Waals surface area contributed by atoms with Gasteiger partial charge in [-0.05, 0) is 99.6 Å². The molecule has 47 heavy (non-hydrogen) atoms. The van der Waals surface area contributed by atoms with Gasteiger partial charge in [-0.3, -0.25) is 14.3 Å². The Bertz CT molecular complexity index is 1710. The van der Waals surface area contributed by atoms with E-state index in [2.05, 4.69) is 15.7 Å². The predicted molar refractivity (Wildman–Crippen MR) is 175 cm³/mol. The van der Waals surface area contributed by atoms with Gasteiger partial charge in [-0.15, -0.1) is 0 Å². The van der Waals surface area contributed by atoms with Crippen LogP contribution in [0.5, 0.6) is 5.75 Å². The number of aromatic nitrogens is 2. The van der Waals surface area contributed by atoms with Crippen LogP contribution in [-0.2, 0) is 22.1 Å². The lowest BCUT2D eigenvalue weighted by atomic mass is 9.74. The number of ether oxygens (including phenoxy) is 1. The van der Waals surface area contributed by atoms with Gasteiger partial charge in [-0.2, -0.15) is 5.10 Å². The maximum atomic E-state index is 15.7. The van der Waals surface area contributed by atoms with Gasteiger partial charge in [0.25, 0.3) is 5.91 Å². The molecule has 10 heteroatoms. The van der Waals surface area contributed by atoms with Crippen molar-refractivity contribution in [3.63, 3.8) is 0 Å². The second-order valence-corrected chi connectivity index (χ2v) is 14.9. The fourth-order valence-electron chi connectivity index (χ4n) is 7.94. The number of hydrogen-bond donors (Lipinski definition) is 3. The molecule has 3 saturated carbocycles. The number of alkyl halides is 1. The Morgan fingerprint density at radius 3 is 2.53 bits per heavy atom. The number of aliphatic carboxylic acids is 1. The third-order valence-corrected chi connectivity index (χ3v) is 11.2. The molecule has 250 valence electrons. The maximum Gasteiger partial charge on any atom is 0.315 e. The van der Waals surface area contributed by atoms with Crippen LogP contribution in [0.4, 0.5) is 8.78 Å². The summed E-state index contributed by atoms with van der Waals surface area (Å²) in [7, 11) is 1.76. The summed E-state index contributed by atoms with van der Waals surface area (Å²) in [5.74, 6) is -1.06. The molecule has 1 saturated heterocycles. The number of halogens is 2. The second kappa shape index (κ2) is 11.7. The lowest BCUT2D eigenvalue weighted by Gasteiger charge is -2.38. The predicted octanol–water partition coefficient (Wildman–Crippen LogP) is 6.56. The highest BCUT2D eigenvalue weighted by molar-refractivity contribution is 5.87. The minimum atomic E-state index is -1.89. The lowest BCUT2D eigenvalue weighted by molar-refractivity contribution is -0.142. The van der Waals surface area contributed by atoms with Crippen LogP contribution in [0.3, 0.4) is 0 Å². The zero-order valence-electron chi connectivity index (χ0n) is 27.4. The summed E-state index contributed by atoms with van der Waals surface area (Å²) in [5.41, 5.74) is 0.694. The number of nitrogens with one attached hydrogen (secondary N) is 2. The summed E-state index contributed by atoms with van der Waals surface area (Å²) in [4.78, 5) is 25.3. The Balaban J connectivity index is 1.18. The summed E-state index contributed by atoms with van der Waals surface area (Å²) in [6.45, 7) is 3.32. The van der Waals surface area contributed by atoms with E-state index in [0.29, 0.717) is 41.8 Å². The van der Waals surface area contributed by atoms with Crippen molar-refractivity contribution in [1.29, 1.82) is 0 Å². The summed E-state index contributed by atoms with van der Waals surface area (Å²) in [6, 6.07) is 10.7. The molecule has 8 nitrogen and oxygen atoms in total. The lowest BCUT2D eigenvalue weighted by Crippen LogP contribution is -2.49. The maximum absolute atomic E-state index is 15.7. The monoisotopic (exact) mass is 646 g/mol. The highest BCUT2D eigenvalue weighted by atomic mass is 19.1. The Kier molecular flexibility index (Phi) is 7.93. The first-order valence-corrected chi connectivity index (χ1v) is 17.0. The van der Waals surface area contributed by atoms with Crippen molar-refractivity contribution in [2.24, 2.45) is 7.05 Å². The van der Waals surface area contributed by atoms with E-state index in [0.717, 1.165) is 55.2 Å². The summed E-state index contributed by atoms with van der Waals surface area (Å²) >= 11 is 0. The van der Waals surface area contributed by atoms with Crippen molar-refractivity contribution in [2.75, 3.05) is 6.54 Å². The topological polar surface area (TPSA) is 105 Å². The van der Waals surface area contributed by atoms with Gasteiger partial charge in [0.2, 0.25) is 5.67 Å². The Hall–Kier alpha value is -3.79. The number of carboxylic acid groups (broad SMARTS) is 1. The second-order valence-electron chi connectivity index (χ2n) is 14.9. The molecule has 1 spiro atoms. The van der Waals surface area contributed by atoms with E-state index in [-0.39, 0.29) is 42.4 Å². The number of hydrogen-bond acceptors (Lipinski definition) is 5. The van der Waals surface area contributed by atoms with Gasteiger partial charge in [0.15, 0.2) is 0 Å². The van der Waals surface area contributed by atoms with Crippen LogP contribution < -0.4 is 15.4 Å². The number of carbonyl (C=O) groups excluding carboxylic acids is 1. The molecule has 0 unspecified atom stereocenters. The van der Waals surface area contributed by atoms with E-state index in [1.54, 1.807) is 31.6 Å². The van der Waals surface area contributed by atoms with Crippen LogP contribution in [0.2, 0.25) is 0 Å². The van der Waals surface area contributed by atoms with E-state index in [1.807, 2.05) is 30.5 Å². The number of nitrogens with zero attached hydrogens (tertiary/aromatic N) is 2. The molecule has 3 N–H and O–H groups in total. The smallest absolute Gasteiger partial charge is 0.315 e. The SMILES string of the molecule is Cn1cc(-c2ccc(O[C@@H]3CC[C@@H](NC(=O)[C@]4(F)CNC5(CCC5)C4)C3)c(-c3cccc(F)c3C3CCC3)c2)c(C(C)(C)C(=O)O)n1. The fraction of sp³-hybridized carbons (Fsp3) is 0.541. The molecule has 7 rings (SSSR count). The molecule has 0 bridgehead atoms. The van der Waals surface area contributed by atoms with Gasteiger partial charge in [0, 0.05) is 55.3 Å². The first-order chi connectivity index (χ1) is 22.4. The van der Waals surface area contributed by atoms with Crippen LogP contribution >= 0.6 is 0 Å². The Morgan fingerprint density at radius 1 is 1.09 bits per heavy atom. The summed E-state index contributed by atoms with van der Waals surface area (Å²) in [5, 5.41) is 20.8. The van der Waals surface area contributed by atoms with E-state index in [1.165, 1.54) is 6.07 Å². The molecule has 2 aromatic carbocycles. The largest absolute Gasteiger partial charge is 0.490 e. The minimum Gasteiger partial charge on any atom is -0.490 e. The first-order valence-electron chi connectivity index (χ1n) is 17.0. The molecule has 4 fully saturated rings. The molecule has 0 radical (unpaired) electrons. The van der Waals surface area contributed by atoms with Gasteiger partial charge in [0.05, 0.1) is 5.69 Å². The third-order valence-electron chi connectivity index (χ3n) is 11.2. The zero-order valence-corrected chi connectivity index (χ0v) is 27.4. The van der Waals surface area contributed by atoms with Crippen LogP contribution in [0.15, 0.2) is 42.6 Å². The molecule has 1 aromatic heterocycles. The van der Waals surface area contributed by atoms with E-state index >= 15 is 8.78 Å². The molecule has 4 aliphatic rings. The third kappa shape index (κ3) is 5.72. The highest BCUT2D eigenvalue weighted by Crippen LogP contribution is 2.47. The fourth-order valence-corrected chi connectivity index (χ4v) is 7.94. The van der Waals surface area contributed by atoms with E-state index < -0.39 is 23.0 Å². The van der Waals surface area contributed by atoms with Gasteiger partial charge in [-0.1, -0.05) is 24.6 Å². The molecule has 1 amide bonds. The van der Waals surface area contributed by atoms with Gasteiger partial charge in [-0.25, -0.2) is 8.78 Å². The molecule has 2 heterocycles. The Labute approximate surface area is 274 Å². The van der Waals surface area contributed by atoms with Crippen molar-refractivity contribution in [2.45, 2.75) is 113 Å². The van der Waals surface area contributed by atoms with Crippen molar-refractivity contribution >= 4 is 11.9 Å². The van der Waals surface area contributed by atoms with E-state index in [4.69, 9.17) is 4.74 Å². The number of carbonyl (C=O) groups is 2. The molecular formula is C37H44F2N4O4. The minimum absolute atomic E-state index is 0.0560. The summed E-state index contributed by atoms with van der Waals surface area (Å²) in [6.07, 6.45) is 9.51. The molecule has 3 aliphatic carbocycles. The number of aryl methyl sites for hydroxylation is 1. The van der Waals surface area contributed by atoms with E-state index in [9.17, 15) is 14.7 Å².